The Balaban J connectivity index is 1.20. The smallest absolute Gasteiger partial charge is 0.223 e. The second-order valence-electron chi connectivity index (χ2n) is 19.9. The number of rotatable bonds is 21. The molecule has 4 N–H and O–H groups in total. The number of amides is 1. The lowest BCUT2D eigenvalue weighted by Crippen LogP contribution is -2.50. The molecule has 0 bridgehead atoms. The minimum absolute atomic E-state index is 0.0628. The van der Waals surface area contributed by atoms with E-state index in [1.807, 2.05) is 10.8 Å². The summed E-state index contributed by atoms with van der Waals surface area (Å²) >= 11 is 0. The van der Waals surface area contributed by atoms with Crippen LogP contribution in [-0.4, -0.2) is 46.0 Å². The van der Waals surface area contributed by atoms with E-state index in [0.29, 0.717) is 28.4 Å². The second-order valence-corrected chi connectivity index (χ2v) is 22.7. The average Bonchev–Trinajstić information content (AvgIpc) is 3.37. The third kappa shape index (κ3) is 12.2. The van der Waals surface area contributed by atoms with E-state index in [9.17, 15) is 4.79 Å². The fourth-order valence-corrected chi connectivity index (χ4v) is 13.5. The van der Waals surface area contributed by atoms with Crippen molar-refractivity contribution >= 4 is 27.5 Å². The minimum atomic E-state index is -0.245. The normalized spacial score (nSPS) is 31.3. The summed E-state index contributed by atoms with van der Waals surface area (Å²) in [7, 11) is 4.04. The monoisotopic (exact) mass is 732 g/mol. The molecule has 6 heteroatoms. The number of fused-ring (bicyclic) bond motifs is 5. The van der Waals surface area contributed by atoms with Crippen LogP contribution in [-0.2, 0) is 4.79 Å². The van der Waals surface area contributed by atoms with Crippen LogP contribution in [0.15, 0.2) is 11.6 Å². The van der Waals surface area contributed by atoms with Crippen molar-refractivity contribution in [2.45, 2.75) is 200 Å². The zero-order valence-electron chi connectivity index (χ0n) is 34.1. The van der Waals surface area contributed by atoms with Crippen molar-refractivity contribution in [1.29, 1.82) is 0 Å². The summed E-state index contributed by atoms with van der Waals surface area (Å²) in [5, 5.41) is 0.695. The molecule has 290 valence electrons. The van der Waals surface area contributed by atoms with E-state index < -0.39 is 0 Å². The molecule has 0 aromatic carbocycles. The molecular weight excluding hydrogens is 651 g/mol. The van der Waals surface area contributed by atoms with E-state index in [1.165, 1.54) is 103 Å². The highest BCUT2D eigenvalue weighted by atomic mass is 33.1. The largest absolute Gasteiger partial charge is 0.343 e. The zero-order chi connectivity index (χ0) is 36.6. The van der Waals surface area contributed by atoms with Gasteiger partial charge in [0.1, 0.15) is 0 Å². The third-order valence-electron chi connectivity index (χ3n) is 14.1. The molecule has 7 unspecified atom stereocenters. The van der Waals surface area contributed by atoms with Gasteiger partial charge in [-0.25, -0.2) is 0 Å². The van der Waals surface area contributed by atoms with Gasteiger partial charge in [-0.2, -0.15) is 0 Å². The lowest BCUT2D eigenvalue weighted by atomic mass is 9.47. The van der Waals surface area contributed by atoms with Gasteiger partial charge in [-0.1, -0.05) is 106 Å². The molecule has 7 atom stereocenters. The van der Waals surface area contributed by atoms with Crippen molar-refractivity contribution in [2.75, 3.05) is 18.8 Å². The van der Waals surface area contributed by atoms with Crippen molar-refractivity contribution in [1.82, 2.24) is 4.90 Å². The van der Waals surface area contributed by atoms with E-state index in [4.69, 9.17) is 11.5 Å². The molecule has 4 aliphatic rings. The summed E-state index contributed by atoms with van der Waals surface area (Å²) in [5.41, 5.74) is 15.0. The first-order chi connectivity index (χ1) is 23.5. The molecule has 3 fully saturated rings. The molecule has 1 amide bonds. The maximum atomic E-state index is 13.4. The summed E-state index contributed by atoms with van der Waals surface area (Å²) in [5.74, 6) is 5.83. The number of nitrogens with zero attached hydrogens (tertiary/aromatic N) is 1. The second kappa shape index (κ2) is 18.9. The van der Waals surface area contributed by atoms with Gasteiger partial charge in [-0.15, -0.1) is 0 Å². The molecule has 0 saturated heterocycles. The standard InChI is InChI=1S/C44H81N3OS2/c1-33(2)16-12-13-17-34-19-21-38-37-20-18-35-32-36(22-26-44(35,8)39(37)23-27-43(34,38)7)50-49-31-24-40(48)47(30-28-42(5,6)46)29-15-11-9-10-14-25-41(3,4)45/h18,33-34,36-39H,9-17,19-32,45-46H2,1-8H3. The van der Waals surface area contributed by atoms with E-state index in [1.54, 1.807) is 5.57 Å². The zero-order valence-corrected chi connectivity index (χ0v) is 35.8. The van der Waals surface area contributed by atoms with Gasteiger partial charge >= 0.3 is 0 Å². The lowest BCUT2D eigenvalue weighted by Gasteiger charge is -2.58. The van der Waals surface area contributed by atoms with Gasteiger partial charge in [0.05, 0.1) is 0 Å². The number of hydrogen-bond donors (Lipinski definition) is 2. The molecule has 0 spiro atoms. The molecule has 4 rings (SSSR count). The Morgan fingerprint density at radius 3 is 2.32 bits per heavy atom. The highest BCUT2D eigenvalue weighted by Gasteiger charge is 2.58. The Labute approximate surface area is 318 Å². The van der Waals surface area contributed by atoms with Gasteiger partial charge in [0.15, 0.2) is 0 Å². The predicted octanol–water partition coefficient (Wildman–Crippen LogP) is 12.0. The molecule has 4 nitrogen and oxygen atoms in total. The lowest BCUT2D eigenvalue weighted by molar-refractivity contribution is -0.131. The van der Waals surface area contributed by atoms with Crippen molar-refractivity contribution in [3.63, 3.8) is 0 Å². The topological polar surface area (TPSA) is 72.3 Å². The van der Waals surface area contributed by atoms with Crippen molar-refractivity contribution in [3.8, 4) is 0 Å². The average molecular weight is 732 g/mol. The number of carbonyl (C=O) groups excluding carboxylic acids is 1. The quantitative estimate of drug-likeness (QED) is 0.0698. The van der Waals surface area contributed by atoms with Crippen LogP contribution in [0.3, 0.4) is 0 Å². The van der Waals surface area contributed by atoms with E-state index in [-0.39, 0.29) is 11.1 Å². The van der Waals surface area contributed by atoms with Crippen LogP contribution >= 0.6 is 21.6 Å². The SMILES string of the molecule is CC(C)CCCCC1CCC2C3CC=C4CC(SSCCC(=O)N(CCCCCCCC(C)(C)N)CCC(C)(C)N)CCC4(C)C3CCC12C. The van der Waals surface area contributed by atoms with Crippen LogP contribution in [0.4, 0.5) is 0 Å². The fourth-order valence-electron chi connectivity index (χ4n) is 10.9. The van der Waals surface area contributed by atoms with Gasteiger partial charge in [0, 0.05) is 41.6 Å². The van der Waals surface area contributed by atoms with Crippen molar-refractivity contribution < 1.29 is 4.79 Å². The first kappa shape index (κ1) is 42.6. The maximum absolute atomic E-state index is 13.4. The fraction of sp³-hybridized carbons (Fsp3) is 0.932. The number of allylic oxidation sites excluding steroid dienone is 2. The first-order valence-electron chi connectivity index (χ1n) is 21.4. The Bertz CT molecular complexity index is 1080. The van der Waals surface area contributed by atoms with Gasteiger partial charge in [-0.3, -0.25) is 4.79 Å². The van der Waals surface area contributed by atoms with E-state index >= 15 is 0 Å². The third-order valence-corrected chi connectivity index (χ3v) is 17.0. The van der Waals surface area contributed by atoms with Gasteiger partial charge < -0.3 is 16.4 Å². The van der Waals surface area contributed by atoms with Gasteiger partial charge in [0.25, 0.3) is 0 Å². The van der Waals surface area contributed by atoms with E-state index in [0.717, 1.165) is 67.7 Å². The highest BCUT2D eigenvalue weighted by molar-refractivity contribution is 8.76. The van der Waals surface area contributed by atoms with Crippen LogP contribution in [0.1, 0.15) is 184 Å². The first-order valence-corrected chi connectivity index (χ1v) is 23.7. The summed E-state index contributed by atoms with van der Waals surface area (Å²) in [4.78, 5) is 15.5. The van der Waals surface area contributed by atoms with Crippen LogP contribution in [0, 0.1) is 40.4 Å². The van der Waals surface area contributed by atoms with Gasteiger partial charge in [-0.05, 0) is 145 Å². The molecule has 50 heavy (non-hydrogen) atoms. The van der Waals surface area contributed by atoms with Crippen LogP contribution < -0.4 is 11.5 Å². The summed E-state index contributed by atoms with van der Waals surface area (Å²) in [6.07, 6.45) is 28.3. The summed E-state index contributed by atoms with van der Waals surface area (Å²) < 4.78 is 0. The van der Waals surface area contributed by atoms with Crippen LogP contribution in [0.2, 0.25) is 0 Å². The van der Waals surface area contributed by atoms with Crippen molar-refractivity contribution in [2.24, 2.45) is 51.9 Å². The number of nitrogens with two attached hydrogens (primary N) is 2. The highest BCUT2D eigenvalue weighted by Crippen LogP contribution is 2.67. The number of hydrogen-bond acceptors (Lipinski definition) is 5. The molecule has 0 aliphatic heterocycles. The predicted molar refractivity (Wildman–Crippen MR) is 222 cm³/mol. The summed E-state index contributed by atoms with van der Waals surface area (Å²) in [6.45, 7) is 20.2. The van der Waals surface area contributed by atoms with Gasteiger partial charge in [0.2, 0.25) is 5.91 Å². The molecule has 3 saturated carbocycles. The van der Waals surface area contributed by atoms with E-state index in [2.05, 4.69) is 77.2 Å². The molecule has 4 aliphatic carbocycles. The molecule has 0 heterocycles. The molecule has 0 radical (unpaired) electrons. The van der Waals surface area contributed by atoms with Crippen LogP contribution in [0.5, 0.6) is 0 Å². The maximum Gasteiger partial charge on any atom is 0.223 e. The Kier molecular flexibility index (Phi) is 16.1. The Morgan fingerprint density at radius 2 is 1.60 bits per heavy atom. The minimum Gasteiger partial charge on any atom is -0.343 e. The molecule has 0 aromatic heterocycles. The number of carbonyl (C=O) groups is 1. The summed E-state index contributed by atoms with van der Waals surface area (Å²) in [6, 6.07) is 0. The Hall–Kier alpha value is -0.170. The van der Waals surface area contributed by atoms with Crippen molar-refractivity contribution in [3.05, 3.63) is 11.6 Å². The molecule has 0 aromatic rings. The van der Waals surface area contributed by atoms with Crippen LogP contribution in [0.25, 0.3) is 0 Å². The number of unbranched alkanes of at least 4 members (excludes halogenated alkanes) is 5. The molecular formula is C44H81N3OS2. The Morgan fingerprint density at radius 1 is 0.880 bits per heavy atom.